The van der Waals surface area contributed by atoms with E-state index in [1.807, 2.05) is 6.07 Å². The van der Waals surface area contributed by atoms with E-state index in [9.17, 15) is 0 Å². The highest BCUT2D eigenvalue weighted by atomic mass is 16.3. The van der Waals surface area contributed by atoms with E-state index in [0.29, 0.717) is 5.92 Å². The minimum absolute atomic E-state index is 0.288. The molecule has 0 amide bonds. The summed E-state index contributed by atoms with van der Waals surface area (Å²) >= 11 is 0. The van der Waals surface area contributed by atoms with Gasteiger partial charge in [-0.2, -0.15) is 0 Å². The number of hydrogen-bond donors (Lipinski definition) is 1. The van der Waals surface area contributed by atoms with E-state index >= 15 is 0 Å². The van der Waals surface area contributed by atoms with E-state index in [4.69, 9.17) is 5.11 Å². The van der Waals surface area contributed by atoms with E-state index < -0.39 is 0 Å². The summed E-state index contributed by atoms with van der Waals surface area (Å²) in [6.45, 7) is 0.288. The molecule has 0 unspecified atom stereocenters. The first-order chi connectivity index (χ1) is 6.90. The summed E-state index contributed by atoms with van der Waals surface area (Å²) in [6.07, 6.45) is 5.72. The van der Waals surface area contributed by atoms with Gasteiger partial charge in [0, 0.05) is 12.5 Å². The first-order valence-electron chi connectivity index (χ1n) is 5.27. The number of hydrogen-bond acceptors (Lipinski definition) is 1. The molecule has 1 heteroatoms. The Morgan fingerprint density at radius 2 is 2.00 bits per heavy atom. The molecule has 1 aliphatic rings. The molecule has 0 fully saturated rings. The van der Waals surface area contributed by atoms with Crippen LogP contribution in [0.4, 0.5) is 0 Å². The Morgan fingerprint density at radius 3 is 2.71 bits per heavy atom. The second-order valence-corrected chi connectivity index (χ2v) is 3.89. The quantitative estimate of drug-likeness (QED) is 0.756. The number of aliphatic hydroxyl groups excluding tert-OH is 1. The zero-order valence-electron chi connectivity index (χ0n) is 8.32. The van der Waals surface area contributed by atoms with Gasteiger partial charge in [-0.05, 0) is 30.4 Å². The minimum atomic E-state index is 0.288. The molecule has 1 atom stereocenters. The standard InChI is InChI=1S/C13H16O/c14-10-11-5-4-8-13(9-11)12-6-2-1-3-7-12/h1-3,6-7,9,11,14H,4-5,8,10H2/t11-/m0/s1. The molecule has 0 heterocycles. The van der Waals surface area contributed by atoms with Crippen LogP contribution in [0.5, 0.6) is 0 Å². The fourth-order valence-corrected chi connectivity index (χ4v) is 2.04. The van der Waals surface area contributed by atoms with Gasteiger partial charge in [-0.15, -0.1) is 0 Å². The molecule has 0 bridgehead atoms. The molecule has 2 rings (SSSR count). The van der Waals surface area contributed by atoms with Gasteiger partial charge in [-0.25, -0.2) is 0 Å². The van der Waals surface area contributed by atoms with E-state index in [-0.39, 0.29) is 6.61 Å². The Hall–Kier alpha value is -1.08. The third-order valence-corrected chi connectivity index (χ3v) is 2.84. The molecule has 0 spiro atoms. The molecule has 0 aliphatic heterocycles. The summed E-state index contributed by atoms with van der Waals surface area (Å²) in [5, 5.41) is 9.11. The molecular formula is C13H16O. The van der Waals surface area contributed by atoms with Crippen molar-refractivity contribution in [3.05, 3.63) is 42.0 Å². The lowest BCUT2D eigenvalue weighted by Crippen LogP contribution is -2.08. The van der Waals surface area contributed by atoms with Crippen LogP contribution >= 0.6 is 0 Å². The molecule has 1 N–H and O–H groups in total. The highest BCUT2D eigenvalue weighted by Gasteiger charge is 2.13. The van der Waals surface area contributed by atoms with E-state index in [2.05, 4.69) is 30.3 Å². The van der Waals surface area contributed by atoms with Crippen LogP contribution in [0, 0.1) is 5.92 Å². The Balaban J connectivity index is 2.22. The summed E-state index contributed by atoms with van der Waals surface area (Å²) in [4.78, 5) is 0. The molecule has 1 aromatic rings. The number of allylic oxidation sites excluding steroid dienone is 1. The average Bonchev–Trinajstić information content (AvgIpc) is 2.30. The van der Waals surface area contributed by atoms with Gasteiger partial charge in [0.15, 0.2) is 0 Å². The van der Waals surface area contributed by atoms with Crippen LogP contribution < -0.4 is 0 Å². The maximum Gasteiger partial charge on any atom is 0.0494 e. The Kier molecular flexibility index (Phi) is 3.00. The Bertz CT molecular complexity index is 313. The van der Waals surface area contributed by atoms with E-state index in [1.165, 1.54) is 17.6 Å². The van der Waals surface area contributed by atoms with Gasteiger partial charge in [0.25, 0.3) is 0 Å². The second-order valence-electron chi connectivity index (χ2n) is 3.89. The van der Waals surface area contributed by atoms with Crippen LogP contribution in [-0.4, -0.2) is 11.7 Å². The zero-order valence-corrected chi connectivity index (χ0v) is 8.32. The van der Waals surface area contributed by atoms with Crippen LogP contribution in [0.3, 0.4) is 0 Å². The van der Waals surface area contributed by atoms with Gasteiger partial charge in [0.1, 0.15) is 0 Å². The Labute approximate surface area is 85.1 Å². The lowest BCUT2D eigenvalue weighted by Gasteiger charge is -2.19. The molecule has 0 saturated heterocycles. The molecule has 1 aliphatic carbocycles. The first kappa shape index (κ1) is 9.47. The molecular weight excluding hydrogens is 172 g/mol. The molecule has 0 saturated carbocycles. The largest absolute Gasteiger partial charge is 0.396 e. The molecule has 1 nitrogen and oxygen atoms in total. The normalized spacial score (nSPS) is 21.8. The highest BCUT2D eigenvalue weighted by Crippen LogP contribution is 2.29. The first-order valence-corrected chi connectivity index (χ1v) is 5.27. The summed E-state index contributed by atoms with van der Waals surface area (Å²) in [5.41, 5.74) is 2.71. The van der Waals surface area contributed by atoms with Crippen molar-refractivity contribution in [3.63, 3.8) is 0 Å². The number of aliphatic hydroxyl groups is 1. The van der Waals surface area contributed by atoms with Crippen molar-refractivity contribution in [1.29, 1.82) is 0 Å². The molecule has 74 valence electrons. The van der Waals surface area contributed by atoms with Crippen molar-refractivity contribution in [2.45, 2.75) is 19.3 Å². The summed E-state index contributed by atoms with van der Waals surface area (Å²) < 4.78 is 0. The van der Waals surface area contributed by atoms with Crippen LogP contribution in [0.15, 0.2) is 36.4 Å². The molecule has 0 aromatic heterocycles. The van der Waals surface area contributed by atoms with Gasteiger partial charge in [-0.1, -0.05) is 36.4 Å². The predicted molar refractivity (Wildman–Crippen MR) is 58.8 cm³/mol. The topological polar surface area (TPSA) is 20.2 Å². The van der Waals surface area contributed by atoms with Crippen LogP contribution in [0.1, 0.15) is 24.8 Å². The van der Waals surface area contributed by atoms with Gasteiger partial charge in [0.05, 0.1) is 0 Å². The van der Waals surface area contributed by atoms with Gasteiger partial charge in [0.2, 0.25) is 0 Å². The van der Waals surface area contributed by atoms with E-state index in [1.54, 1.807) is 0 Å². The van der Waals surface area contributed by atoms with Crippen molar-refractivity contribution in [2.75, 3.05) is 6.61 Å². The summed E-state index contributed by atoms with van der Waals surface area (Å²) in [7, 11) is 0. The minimum Gasteiger partial charge on any atom is -0.396 e. The molecule has 14 heavy (non-hydrogen) atoms. The van der Waals surface area contributed by atoms with Crippen molar-refractivity contribution in [2.24, 2.45) is 5.92 Å². The maximum atomic E-state index is 9.11. The number of rotatable bonds is 2. The van der Waals surface area contributed by atoms with Gasteiger partial charge in [-0.3, -0.25) is 0 Å². The molecule has 1 aromatic carbocycles. The maximum absolute atomic E-state index is 9.11. The van der Waals surface area contributed by atoms with Crippen molar-refractivity contribution >= 4 is 5.57 Å². The monoisotopic (exact) mass is 188 g/mol. The van der Waals surface area contributed by atoms with Crippen LogP contribution in [0.25, 0.3) is 5.57 Å². The Morgan fingerprint density at radius 1 is 1.21 bits per heavy atom. The van der Waals surface area contributed by atoms with Crippen LogP contribution in [0.2, 0.25) is 0 Å². The highest BCUT2D eigenvalue weighted by molar-refractivity contribution is 5.66. The van der Waals surface area contributed by atoms with Crippen molar-refractivity contribution < 1.29 is 5.11 Å². The fraction of sp³-hybridized carbons (Fsp3) is 0.385. The van der Waals surface area contributed by atoms with E-state index in [0.717, 1.165) is 12.8 Å². The average molecular weight is 188 g/mol. The summed E-state index contributed by atoms with van der Waals surface area (Å²) in [6, 6.07) is 10.5. The van der Waals surface area contributed by atoms with Gasteiger partial charge < -0.3 is 5.11 Å². The predicted octanol–water partition coefficient (Wildman–Crippen LogP) is 2.86. The van der Waals surface area contributed by atoms with Gasteiger partial charge >= 0.3 is 0 Å². The lowest BCUT2D eigenvalue weighted by atomic mass is 9.88. The zero-order chi connectivity index (χ0) is 9.80. The smallest absolute Gasteiger partial charge is 0.0494 e. The van der Waals surface area contributed by atoms with Crippen molar-refractivity contribution in [1.82, 2.24) is 0 Å². The lowest BCUT2D eigenvalue weighted by molar-refractivity contribution is 0.242. The SMILES string of the molecule is OC[C@@H]1C=C(c2ccccc2)CCC1. The number of benzene rings is 1. The fourth-order valence-electron chi connectivity index (χ4n) is 2.04. The van der Waals surface area contributed by atoms with Crippen LogP contribution in [-0.2, 0) is 0 Å². The third-order valence-electron chi connectivity index (χ3n) is 2.84. The summed E-state index contributed by atoms with van der Waals surface area (Å²) in [5.74, 6) is 0.374. The molecule has 0 radical (unpaired) electrons. The third kappa shape index (κ3) is 2.05. The van der Waals surface area contributed by atoms with Crippen molar-refractivity contribution in [3.8, 4) is 0 Å². The second kappa shape index (κ2) is 4.43.